The predicted molar refractivity (Wildman–Crippen MR) is 284 cm³/mol. The number of hydrogen-bond donors (Lipinski definition) is 0. The van der Waals surface area contributed by atoms with Gasteiger partial charge in [-0.15, -0.1) is 29.1 Å². The molecule has 69 heavy (non-hydrogen) atoms. The first-order chi connectivity index (χ1) is 32.4. The molecule has 4 heterocycles. The second-order valence-corrected chi connectivity index (χ2v) is 22.4. The molecule has 350 valence electrons. The molecule has 2 aromatic heterocycles. The number of nitrogens with zero attached hydrogens (tertiary/aromatic N) is 4. The maximum absolute atomic E-state index is 7.09. The standard InChI is InChI=1S/C63H61N4O.Pt/c1-41(2)52-21-15-16-22-53(52)44-33-49(38-51(34-44)68-50-26-27-55-54-23-17-18-24-56(54)65(57(55)39-50)60-37-46(29-30-64-60)62(6,7)8)66-40-67(66,59-36-45(61(3,4)5)25-28-58(59)66)48-32-43(42-19-13-12-14-20-42)31-47(35-48)63(9,10)11;/h12-37,40-41H,1-11H3;/q-1;/t66?,67-;/m0./s1. The molecule has 11 rings (SSSR count). The number of quaternary nitrogens is 2. The van der Waals surface area contributed by atoms with Crippen LogP contribution in [0.25, 0.3) is 49.9 Å². The normalized spacial score (nSPS) is 17.6. The fraction of sp³-hybridized carbons (Fsp3) is 0.238. The van der Waals surface area contributed by atoms with Crippen LogP contribution in [0.15, 0.2) is 158 Å². The van der Waals surface area contributed by atoms with Crippen molar-refractivity contribution in [3.63, 3.8) is 0 Å². The number of benzene rings is 7. The molecule has 2 aliphatic rings. The summed E-state index contributed by atoms with van der Waals surface area (Å²) >= 11 is 0. The topological polar surface area (TPSA) is 27.1 Å². The largest absolute Gasteiger partial charge is 0.509 e. The van der Waals surface area contributed by atoms with Crippen molar-refractivity contribution in [3.8, 4) is 39.6 Å². The fourth-order valence-corrected chi connectivity index (χ4v) is 10.5. The molecule has 2 atom stereocenters. The number of para-hydroxylation sites is 1. The molecule has 0 spiro atoms. The minimum atomic E-state index is -0.0765. The van der Waals surface area contributed by atoms with Crippen LogP contribution in [0.1, 0.15) is 104 Å². The molecule has 7 aromatic carbocycles. The Labute approximate surface area is 423 Å². The third kappa shape index (κ3) is 7.60. The Morgan fingerprint density at radius 1 is 0.551 bits per heavy atom. The van der Waals surface area contributed by atoms with Gasteiger partial charge in [-0.05, 0) is 84.7 Å². The van der Waals surface area contributed by atoms with Gasteiger partial charge in [0.15, 0.2) is 12.4 Å². The summed E-state index contributed by atoms with van der Waals surface area (Å²) in [4.78, 5) is 4.93. The van der Waals surface area contributed by atoms with Crippen LogP contribution in [-0.2, 0) is 37.3 Å². The SMILES string of the molecule is CC(C)c1ccccc1-c1cc(Oc2[c-]c3c(cc2)c2ccccc2n3-c2cc(C(C)(C)C)ccn2)[c-]c([N+]23[CH-][N@+]2(c2cc(-c4ccccc4)cc(C(C)(C)C)c2)c2cc(C(C)(C)C)ccc23)c1.[Pt]. The van der Waals surface area contributed by atoms with E-state index in [1.165, 1.54) is 56.0 Å². The van der Waals surface area contributed by atoms with Gasteiger partial charge in [-0.2, -0.15) is 10.7 Å². The Kier molecular flexibility index (Phi) is 11.2. The molecule has 0 aliphatic carbocycles. The molecule has 6 heteroatoms. The molecule has 1 fully saturated rings. The summed E-state index contributed by atoms with van der Waals surface area (Å²) < 4.78 is 10.4. The van der Waals surface area contributed by atoms with Crippen LogP contribution in [0.4, 0.5) is 22.7 Å². The van der Waals surface area contributed by atoms with Gasteiger partial charge in [-0.25, -0.2) is 9.58 Å². The quantitative estimate of drug-likeness (QED) is 0.0861. The Morgan fingerprint density at radius 3 is 1.99 bits per heavy atom. The van der Waals surface area contributed by atoms with Crippen molar-refractivity contribution in [2.45, 2.75) is 98.3 Å². The zero-order valence-electron chi connectivity index (χ0n) is 41.7. The van der Waals surface area contributed by atoms with Crippen LogP contribution < -0.4 is 13.9 Å². The summed E-state index contributed by atoms with van der Waals surface area (Å²) in [6, 6.07) is 63.3. The van der Waals surface area contributed by atoms with Crippen molar-refractivity contribution in [1.82, 2.24) is 18.7 Å². The van der Waals surface area contributed by atoms with E-state index in [9.17, 15) is 0 Å². The van der Waals surface area contributed by atoms with Gasteiger partial charge in [0.05, 0.1) is 5.69 Å². The summed E-state index contributed by atoms with van der Waals surface area (Å²) in [5.74, 6) is 2.43. The number of ether oxygens (including phenoxy) is 1. The van der Waals surface area contributed by atoms with Crippen LogP contribution in [0.5, 0.6) is 11.5 Å². The molecule has 0 bridgehead atoms. The van der Waals surface area contributed by atoms with E-state index in [0.717, 1.165) is 38.9 Å². The van der Waals surface area contributed by atoms with Gasteiger partial charge < -0.3 is 9.30 Å². The third-order valence-corrected chi connectivity index (χ3v) is 14.3. The molecular weight excluding hydrogens is 1020 g/mol. The van der Waals surface area contributed by atoms with Gasteiger partial charge in [0.25, 0.3) is 0 Å². The summed E-state index contributed by atoms with van der Waals surface area (Å²) in [5, 5.41) is 2.24. The van der Waals surface area contributed by atoms with Gasteiger partial charge in [-0.1, -0.05) is 179 Å². The van der Waals surface area contributed by atoms with Crippen molar-refractivity contribution in [1.29, 1.82) is 0 Å². The smallest absolute Gasteiger partial charge is 0.225 e. The Morgan fingerprint density at radius 2 is 1.25 bits per heavy atom. The van der Waals surface area contributed by atoms with E-state index >= 15 is 0 Å². The van der Waals surface area contributed by atoms with Crippen LogP contribution in [0.3, 0.4) is 0 Å². The van der Waals surface area contributed by atoms with Crippen molar-refractivity contribution < 1.29 is 25.8 Å². The summed E-state index contributed by atoms with van der Waals surface area (Å²) in [7, 11) is 0. The minimum Gasteiger partial charge on any atom is -0.509 e. The summed E-state index contributed by atoms with van der Waals surface area (Å²) in [6.45, 7) is 27.6. The summed E-state index contributed by atoms with van der Waals surface area (Å²) in [6.07, 6.45) is 1.92. The van der Waals surface area contributed by atoms with Gasteiger partial charge in [0.2, 0.25) is 11.4 Å². The number of pyridine rings is 1. The first-order valence-electron chi connectivity index (χ1n) is 24.2. The molecule has 2 aliphatic heterocycles. The second kappa shape index (κ2) is 16.5. The van der Waals surface area contributed by atoms with Crippen LogP contribution >= 0.6 is 0 Å². The number of rotatable bonds is 8. The molecule has 0 radical (unpaired) electrons. The first kappa shape index (κ1) is 46.6. The van der Waals surface area contributed by atoms with Gasteiger partial charge in [0, 0.05) is 68.5 Å². The maximum atomic E-state index is 7.09. The van der Waals surface area contributed by atoms with Crippen molar-refractivity contribution in [2.24, 2.45) is 0 Å². The van der Waals surface area contributed by atoms with Crippen LogP contribution in [-0.4, -0.2) is 9.55 Å². The van der Waals surface area contributed by atoms with Gasteiger partial charge >= 0.3 is 0 Å². The van der Waals surface area contributed by atoms with Gasteiger partial charge in [0.1, 0.15) is 5.82 Å². The second-order valence-electron chi connectivity index (χ2n) is 22.4. The number of hydrogen-bond acceptors (Lipinski definition) is 2. The number of aromatic nitrogens is 2. The zero-order chi connectivity index (χ0) is 47.5. The zero-order valence-corrected chi connectivity index (χ0v) is 44.0. The van der Waals surface area contributed by atoms with E-state index in [4.69, 9.17) is 9.72 Å². The molecule has 0 amide bonds. The molecule has 5 nitrogen and oxygen atoms in total. The van der Waals surface area contributed by atoms with Crippen molar-refractivity contribution in [3.05, 3.63) is 199 Å². The van der Waals surface area contributed by atoms with E-state index < -0.39 is 0 Å². The van der Waals surface area contributed by atoms with Crippen molar-refractivity contribution in [2.75, 3.05) is 0 Å². The van der Waals surface area contributed by atoms with E-state index in [1.54, 1.807) is 0 Å². The Hall–Kier alpha value is -6.10. The van der Waals surface area contributed by atoms with E-state index in [1.807, 2.05) is 12.3 Å². The first-order valence-corrected chi connectivity index (χ1v) is 24.2. The van der Waals surface area contributed by atoms with Crippen LogP contribution in [0.2, 0.25) is 0 Å². The average Bonchev–Trinajstić information content (AvgIpc) is 3.81. The molecule has 0 saturated carbocycles. The van der Waals surface area contributed by atoms with E-state index in [-0.39, 0.29) is 37.3 Å². The minimum absolute atomic E-state index is 0. The average molecular weight is 1090 g/mol. The molecule has 1 saturated heterocycles. The summed E-state index contributed by atoms with van der Waals surface area (Å²) in [5.41, 5.74) is 16.5. The van der Waals surface area contributed by atoms with Crippen molar-refractivity contribution >= 4 is 44.6 Å². The third-order valence-electron chi connectivity index (χ3n) is 14.3. The van der Waals surface area contributed by atoms with Gasteiger partial charge in [-0.3, -0.25) is 0 Å². The molecule has 9 aromatic rings. The Bertz CT molecular complexity index is 3460. The monoisotopic (exact) mass is 1080 g/mol. The van der Waals surface area contributed by atoms with E-state index in [0.29, 0.717) is 26.6 Å². The van der Waals surface area contributed by atoms with E-state index in [2.05, 4.69) is 245 Å². The number of fused-ring (bicyclic) bond motifs is 7. The molecule has 0 N–H and O–H groups in total. The maximum Gasteiger partial charge on any atom is 0.225 e. The predicted octanol–water partition coefficient (Wildman–Crippen LogP) is 17.3. The Balaban J connectivity index is 0.00000553. The molecule has 1 unspecified atom stereocenters. The fourth-order valence-electron chi connectivity index (χ4n) is 10.5. The van der Waals surface area contributed by atoms with Crippen LogP contribution in [0, 0.1) is 18.8 Å². The molecular formula is C63H61N4OPt-.